The molecular weight excluding hydrogens is 316 g/mol. The molecule has 0 unspecified atom stereocenters. The Kier molecular flexibility index (Phi) is 3.25. The molecule has 0 aliphatic heterocycles. The molecule has 22 heavy (non-hydrogen) atoms. The van der Waals surface area contributed by atoms with Crippen LogP contribution >= 0.6 is 22.7 Å². The van der Waals surface area contributed by atoms with E-state index < -0.39 is 0 Å². The van der Waals surface area contributed by atoms with Gasteiger partial charge in [0.25, 0.3) is 5.91 Å². The molecule has 0 aliphatic carbocycles. The lowest BCUT2D eigenvalue weighted by atomic mass is 10.2. The molecule has 1 N–H and O–H groups in total. The van der Waals surface area contributed by atoms with Gasteiger partial charge in [-0.3, -0.25) is 10.1 Å². The van der Waals surface area contributed by atoms with E-state index in [1.54, 1.807) is 17.4 Å². The van der Waals surface area contributed by atoms with E-state index in [4.69, 9.17) is 4.42 Å². The monoisotopic (exact) mass is 326 g/mol. The van der Waals surface area contributed by atoms with Crippen LogP contribution in [0.15, 0.2) is 57.6 Å². The van der Waals surface area contributed by atoms with E-state index in [9.17, 15) is 4.79 Å². The molecule has 0 radical (unpaired) electrons. The molecule has 1 amide bonds. The molecule has 1 aromatic carbocycles. The summed E-state index contributed by atoms with van der Waals surface area (Å²) in [4.78, 5) is 17.8. The summed E-state index contributed by atoms with van der Waals surface area (Å²) in [6, 6.07) is 13.3. The molecular formula is C16H10N2O2S2. The van der Waals surface area contributed by atoms with Gasteiger partial charge in [-0.05, 0) is 23.6 Å². The first-order valence-corrected chi connectivity index (χ1v) is 8.35. The third-order valence-electron chi connectivity index (χ3n) is 3.15. The number of nitrogens with one attached hydrogen (secondary N) is 1. The number of furan rings is 1. The van der Waals surface area contributed by atoms with Crippen LogP contribution in [0, 0.1) is 0 Å². The predicted molar refractivity (Wildman–Crippen MR) is 89.6 cm³/mol. The zero-order chi connectivity index (χ0) is 14.9. The lowest BCUT2D eigenvalue weighted by molar-refractivity contribution is 0.0998. The fourth-order valence-corrected chi connectivity index (χ4v) is 3.59. The fourth-order valence-electron chi connectivity index (χ4n) is 2.12. The maximum atomic E-state index is 12.2. The van der Waals surface area contributed by atoms with Crippen molar-refractivity contribution in [3.8, 4) is 10.6 Å². The molecule has 0 saturated carbocycles. The highest BCUT2D eigenvalue weighted by Crippen LogP contribution is 2.28. The highest BCUT2D eigenvalue weighted by molar-refractivity contribution is 7.16. The molecule has 108 valence electrons. The van der Waals surface area contributed by atoms with E-state index in [1.165, 1.54) is 11.3 Å². The molecule has 0 fully saturated rings. The Balaban J connectivity index is 1.56. The maximum absolute atomic E-state index is 12.2. The van der Waals surface area contributed by atoms with Crippen molar-refractivity contribution in [2.24, 2.45) is 0 Å². The maximum Gasteiger partial charge on any atom is 0.293 e. The Hall–Kier alpha value is -2.44. The van der Waals surface area contributed by atoms with E-state index in [0.29, 0.717) is 10.7 Å². The number of anilines is 1. The van der Waals surface area contributed by atoms with Gasteiger partial charge in [-0.1, -0.05) is 24.3 Å². The number of rotatable bonds is 3. The summed E-state index contributed by atoms with van der Waals surface area (Å²) in [5.74, 6) is -0.00245. The van der Waals surface area contributed by atoms with Gasteiger partial charge in [0.1, 0.15) is 5.58 Å². The molecule has 4 rings (SSSR count). The molecule has 6 heteroatoms. The molecule has 4 aromatic rings. The number of carbonyl (C=O) groups is 1. The fraction of sp³-hybridized carbons (Fsp3) is 0. The van der Waals surface area contributed by atoms with Gasteiger partial charge < -0.3 is 4.42 Å². The van der Waals surface area contributed by atoms with Crippen LogP contribution in [0.3, 0.4) is 0 Å². The van der Waals surface area contributed by atoms with Gasteiger partial charge in [0.2, 0.25) is 0 Å². The standard InChI is InChI=1S/C16H10N2O2S2/c19-15(13-8-10-4-1-2-5-12(10)20-13)18-16-17-11(9-22-16)14-6-3-7-21-14/h1-9H,(H,17,18,19). The van der Waals surface area contributed by atoms with Crippen molar-refractivity contribution in [3.05, 3.63) is 59.0 Å². The first-order valence-electron chi connectivity index (χ1n) is 6.59. The van der Waals surface area contributed by atoms with Gasteiger partial charge in [-0.15, -0.1) is 22.7 Å². The number of fused-ring (bicyclic) bond motifs is 1. The quantitative estimate of drug-likeness (QED) is 0.584. The topological polar surface area (TPSA) is 55.1 Å². The minimum atomic E-state index is -0.289. The summed E-state index contributed by atoms with van der Waals surface area (Å²) in [6.07, 6.45) is 0. The average Bonchev–Trinajstić information content (AvgIpc) is 3.26. The van der Waals surface area contributed by atoms with Crippen LogP contribution < -0.4 is 5.32 Å². The Morgan fingerprint density at radius 3 is 2.86 bits per heavy atom. The predicted octanol–water partition coefficient (Wildman–Crippen LogP) is 4.87. The lowest BCUT2D eigenvalue weighted by Gasteiger charge is -1.97. The number of amides is 1. The van der Waals surface area contributed by atoms with E-state index >= 15 is 0 Å². The number of aromatic nitrogens is 1. The number of hydrogen-bond donors (Lipinski definition) is 1. The van der Waals surface area contributed by atoms with E-state index in [2.05, 4.69) is 10.3 Å². The Morgan fingerprint density at radius 1 is 1.14 bits per heavy atom. The van der Waals surface area contributed by atoms with E-state index in [1.807, 2.05) is 47.2 Å². The van der Waals surface area contributed by atoms with Crippen molar-refractivity contribution < 1.29 is 9.21 Å². The Bertz CT molecular complexity index is 905. The first-order chi connectivity index (χ1) is 10.8. The minimum Gasteiger partial charge on any atom is -0.451 e. The number of carbonyl (C=O) groups excluding carboxylic acids is 1. The summed E-state index contributed by atoms with van der Waals surface area (Å²) >= 11 is 3.02. The van der Waals surface area contributed by atoms with Crippen molar-refractivity contribution in [1.82, 2.24) is 4.98 Å². The average molecular weight is 326 g/mol. The van der Waals surface area contributed by atoms with Crippen LogP contribution in [0.2, 0.25) is 0 Å². The Labute approximate surface area is 134 Å². The second-order valence-electron chi connectivity index (χ2n) is 4.62. The van der Waals surface area contributed by atoms with Gasteiger partial charge in [-0.25, -0.2) is 4.98 Å². The zero-order valence-electron chi connectivity index (χ0n) is 11.3. The molecule has 0 atom stereocenters. The summed E-state index contributed by atoms with van der Waals surface area (Å²) in [6.45, 7) is 0. The first kappa shape index (κ1) is 13.2. The van der Waals surface area contributed by atoms with Gasteiger partial charge in [0.15, 0.2) is 10.9 Å². The molecule has 0 saturated heterocycles. The van der Waals surface area contributed by atoms with Crippen LogP contribution in [-0.2, 0) is 0 Å². The molecule has 3 heterocycles. The minimum absolute atomic E-state index is 0.286. The van der Waals surface area contributed by atoms with Gasteiger partial charge in [0, 0.05) is 10.8 Å². The normalized spacial score (nSPS) is 10.9. The number of benzene rings is 1. The largest absolute Gasteiger partial charge is 0.451 e. The van der Waals surface area contributed by atoms with Gasteiger partial charge in [0.05, 0.1) is 10.6 Å². The van der Waals surface area contributed by atoms with Crippen molar-refractivity contribution in [3.63, 3.8) is 0 Å². The van der Waals surface area contributed by atoms with E-state index in [0.717, 1.165) is 16.0 Å². The van der Waals surface area contributed by atoms with Crippen LogP contribution in [0.25, 0.3) is 21.5 Å². The number of hydrogen-bond acceptors (Lipinski definition) is 5. The smallest absolute Gasteiger partial charge is 0.293 e. The lowest BCUT2D eigenvalue weighted by Crippen LogP contribution is -2.10. The number of thiophene rings is 1. The van der Waals surface area contributed by atoms with Crippen molar-refractivity contribution in [2.45, 2.75) is 0 Å². The number of nitrogens with zero attached hydrogens (tertiary/aromatic N) is 1. The van der Waals surface area contributed by atoms with Gasteiger partial charge >= 0.3 is 0 Å². The third kappa shape index (κ3) is 2.43. The van der Waals surface area contributed by atoms with Crippen LogP contribution in [0.1, 0.15) is 10.6 Å². The molecule has 3 aromatic heterocycles. The van der Waals surface area contributed by atoms with Crippen LogP contribution in [-0.4, -0.2) is 10.9 Å². The van der Waals surface area contributed by atoms with Crippen LogP contribution in [0.4, 0.5) is 5.13 Å². The van der Waals surface area contributed by atoms with Crippen molar-refractivity contribution in [2.75, 3.05) is 5.32 Å². The van der Waals surface area contributed by atoms with Gasteiger partial charge in [-0.2, -0.15) is 0 Å². The third-order valence-corrected chi connectivity index (χ3v) is 4.80. The second kappa shape index (κ2) is 5.40. The SMILES string of the molecule is O=C(Nc1nc(-c2cccs2)cs1)c1cc2ccccc2o1. The highest BCUT2D eigenvalue weighted by atomic mass is 32.1. The summed E-state index contributed by atoms with van der Waals surface area (Å²) < 4.78 is 5.55. The molecule has 0 bridgehead atoms. The number of para-hydroxylation sites is 1. The molecule has 4 nitrogen and oxygen atoms in total. The molecule has 0 aliphatic rings. The highest BCUT2D eigenvalue weighted by Gasteiger charge is 2.14. The van der Waals surface area contributed by atoms with Crippen LogP contribution in [0.5, 0.6) is 0 Å². The zero-order valence-corrected chi connectivity index (χ0v) is 12.9. The summed E-state index contributed by atoms with van der Waals surface area (Å²) in [5.41, 5.74) is 1.57. The van der Waals surface area contributed by atoms with Crippen molar-refractivity contribution >= 4 is 44.7 Å². The Morgan fingerprint density at radius 2 is 2.05 bits per heavy atom. The number of thiazole rings is 1. The second-order valence-corrected chi connectivity index (χ2v) is 6.42. The summed E-state index contributed by atoms with van der Waals surface area (Å²) in [7, 11) is 0. The molecule has 0 spiro atoms. The summed E-state index contributed by atoms with van der Waals surface area (Å²) in [5, 5.41) is 8.18. The van der Waals surface area contributed by atoms with Crippen molar-refractivity contribution in [1.29, 1.82) is 0 Å². The van der Waals surface area contributed by atoms with E-state index in [-0.39, 0.29) is 11.7 Å².